The molecule has 0 radical (unpaired) electrons. The highest BCUT2D eigenvalue weighted by molar-refractivity contribution is 5.85. The molecule has 0 aliphatic carbocycles. The SMILES string of the molecule is C#CCC(N)C(=O)OC.Cl. The lowest BCUT2D eigenvalue weighted by Crippen LogP contribution is -2.30. The molecule has 0 aromatic heterocycles. The minimum atomic E-state index is -0.667. The van der Waals surface area contributed by atoms with Crippen LogP contribution in [0.15, 0.2) is 0 Å². The molecule has 0 aliphatic heterocycles. The molecule has 0 spiro atoms. The molecule has 3 nitrogen and oxygen atoms in total. The van der Waals surface area contributed by atoms with Gasteiger partial charge in [-0.2, -0.15) is 0 Å². The maximum atomic E-state index is 10.5. The molecule has 1 unspecified atom stereocenters. The molecule has 0 aliphatic rings. The van der Waals surface area contributed by atoms with Crippen LogP contribution in [0, 0.1) is 12.3 Å². The van der Waals surface area contributed by atoms with E-state index in [0.717, 1.165) is 0 Å². The summed E-state index contributed by atoms with van der Waals surface area (Å²) in [5.41, 5.74) is 5.22. The van der Waals surface area contributed by atoms with Gasteiger partial charge in [-0.15, -0.1) is 24.8 Å². The van der Waals surface area contributed by atoms with Crippen LogP contribution in [0.5, 0.6) is 0 Å². The van der Waals surface area contributed by atoms with Gasteiger partial charge in [0.1, 0.15) is 6.04 Å². The van der Waals surface area contributed by atoms with Crippen molar-refractivity contribution >= 4 is 18.4 Å². The minimum absolute atomic E-state index is 0. The lowest BCUT2D eigenvalue weighted by molar-refractivity contribution is -0.142. The normalized spacial score (nSPS) is 10.5. The number of nitrogens with two attached hydrogens (primary N) is 1. The highest BCUT2D eigenvalue weighted by Gasteiger charge is 2.10. The van der Waals surface area contributed by atoms with E-state index in [4.69, 9.17) is 12.2 Å². The summed E-state index contributed by atoms with van der Waals surface area (Å²) in [4.78, 5) is 10.5. The van der Waals surface area contributed by atoms with Gasteiger partial charge in [0.05, 0.1) is 7.11 Å². The van der Waals surface area contributed by atoms with Crippen molar-refractivity contribution in [3.63, 3.8) is 0 Å². The number of carbonyl (C=O) groups is 1. The van der Waals surface area contributed by atoms with Crippen LogP contribution in [0.2, 0.25) is 0 Å². The van der Waals surface area contributed by atoms with Crippen LogP contribution < -0.4 is 5.73 Å². The Hall–Kier alpha value is -0.720. The van der Waals surface area contributed by atoms with E-state index >= 15 is 0 Å². The third-order valence-electron chi connectivity index (χ3n) is 0.842. The van der Waals surface area contributed by atoms with Crippen molar-refractivity contribution in [2.75, 3.05) is 7.11 Å². The molecular weight excluding hydrogens is 154 g/mol. The molecule has 0 amide bonds. The second-order valence-corrected chi connectivity index (χ2v) is 1.54. The maximum Gasteiger partial charge on any atom is 0.323 e. The largest absolute Gasteiger partial charge is 0.468 e. The summed E-state index contributed by atoms with van der Waals surface area (Å²) in [6, 6.07) is -0.667. The van der Waals surface area contributed by atoms with E-state index in [0.29, 0.717) is 0 Å². The van der Waals surface area contributed by atoms with Gasteiger partial charge in [-0.25, -0.2) is 0 Å². The number of rotatable bonds is 2. The molecule has 10 heavy (non-hydrogen) atoms. The number of methoxy groups -OCH3 is 1. The van der Waals surface area contributed by atoms with Crippen molar-refractivity contribution < 1.29 is 9.53 Å². The van der Waals surface area contributed by atoms with Gasteiger partial charge in [0.25, 0.3) is 0 Å². The van der Waals surface area contributed by atoms with Crippen LogP contribution in [0.25, 0.3) is 0 Å². The first kappa shape index (κ1) is 12.0. The number of terminal acetylenes is 1. The number of carbonyl (C=O) groups excluding carboxylic acids is 1. The molecule has 0 fully saturated rings. The molecule has 0 saturated carbocycles. The molecule has 4 heteroatoms. The highest BCUT2D eigenvalue weighted by Crippen LogP contribution is 1.87. The lowest BCUT2D eigenvalue weighted by Gasteiger charge is -2.02. The van der Waals surface area contributed by atoms with Crippen molar-refractivity contribution in [3.8, 4) is 12.3 Å². The first-order valence-electron chi connectivity index (χ1n) is 2.49. The topological polar surface area (TPSA) is 52.3 Å². The van der Waals surface area contributed by atoms with Gasteiger partial charge in [0.15, 0.2) is 0 Å². The Balaban J connectivity index is 0. The van der Waals surface area contributed by atoms with Crippen LogP contribution in [-0.2, 0) is 9.53 Å². The molecule has 0 aromatic rings. The zero-order chi connectivity index (χ0) is 7.28. The molecule has 0 rings (SSSR count). The van der Waals surface area contributed by atoms with E-state index in [2.05, 4.69) is 10.7 Å². The first-order chi connectivity index (χ1) is 4.22. The average molecular weight is 164 g/mol. The Morgan fingerprint density at radius 1 is 1.90 bits per heavy atom. The summed E-state index contributed by atoms with van der Waals surface area (Å²) in [5, 5.41) is 0. The van der Waals surface area contributed by atoms with E-state index < -0.39 is 12.0 Å². The lowest BCUT2D eigenvalue weighted by atomic mass is 10.2. The van der Waals surface area contributed by atoms with Gasteiger partial charge in [0.2, 0.25) is 0 Å². The summed E-state index contributed by atoms with van der Waals surface area (Å²) in [6.07, 6.45) is 5.11. The smallest absolute Gasteiger partial charge is 0.323 e. The molecule has 0 aromatic carbocycles. The summed E-state index contributed by atoms with van der Waals surface area (Å²) in [5.74, 6) is 1.79. The van der Waals surface area contributed by atoms with E-state index in [1.165, 1.54) is 7.11 Å². The molecular formula is C6H10ClNO2. The van der Waals surface area contributed by atoms with E-state index in [-0.39, 0.29) is 18.8 Å². The maximum absolute atomic E-state index is 10.5. The average Bonchev–Trinajstić information content (AvgIpc) is 1.87. The third-order valence-corrected chi connectivity index (χ3v) is 0.842. The standard InChI is InChI=1S/C6H9NO2.ClH/c1-3-4-5(7)6(8)9-2;/h1,5H,4,7H2,2H3;1H. The van der Waals surface area contributed by atoms with E-state index in [1.807, 2.05) is 0 Å². The van der Waals surface area contributed by atoms with Crippen LogP contribution in [0.3, 0.4) is 0 Å². The number of halogens is 1. The van der Waals surface area contributed by atoms with Gasteiger partial charge in [-0.1, -0.05) is 0 Å². The van der Waals surface area contributed by atoms with E-state index in [9.17, 15) is 4.79 Å². The summed E-state index contributed by atoms with van der Waals surface area (Å²) < 4.78 is 4.31. The molecule has 58 valence electrons. The zero-order valence-corrected chi connectivity index (χ0v) is 6.48. The summed E-state index contributed by atoms with van der Waals surface area (Å²) in [6.45, 7) is 0. The van der Waals surface area contributed by atoms with Crippen molar-refractivity contribution in [2.45, 2.75) is 12.5 Å². The Morgan fingerprint density at radius 2 is 2.40 bits per heavy atom. The number of hydrogen-bond acceptors (Lipinski definition) is 3. The van der Waals surface area contributed by atoms with Crippen LogP contribution in [0.4, 0.5) is 0 Å². The second-order valence-electron chi connectivity index (χ2n) is 1.54. The van der Waals surface area contributed by atoms with Crippen molar-refractivity contribution in [1.82, 2.24) is 0 Å². The molecule has 0 saturated heterocycles. The third kappa shape index (κ3) is 4.19. The number of ether oxygens (including phenoxy) is 1. The minimum Gasteiger partial charge on any atom is -0.468 e. The van der Waals surface area contributed by atoms with E-state index in [1.54, 1.807) is 0 Å². The fourth-order valence-corrected chi connectivity index (χ4v) is 0.362. The quantitative estimate of drug-likeness (QED) is 0.458. The van der Waals surface area contributed by atoms with Crippen molar-refractivity contribution in [3.05, 3.63) is 0 Å². The number of esters is 1. The van der Waals surface area contributed by atoms with Gasteiger partial charge >= 0.3 is 5.97 Å². The fraction of sp³-hybridized carbons (Fsp3) is 0.500. The van der Waals surface area contributed by atoms with Crippen molar-refractivity contribution in [1.29, 1.82) is 0 Å². The predicted molar refractivity (Wildman–Crippen MR) is 40.7 cm³/mol. The Labute approximate surface area is 66.3 Å². The van der Waals surface area contributed by atoms with Crippen molar-refractivity contribution in [2.24, 2.45) is 5.73 Å². The van der Waals surface area contributed by atoms with Gasteiger partial charge in [-0.3, -0.25) is 4.79 Å². The fourth-order valence-electron chi connectivity index (χ4n) is 0.362. The van der Waals surface area contributed by atoms with Crippen LogP contribution in [0.1, 0.15) is 6.42 Å². The first-order valence-corrected chi connectivity index (χ1v) is 2.49. The van der Waals surface area contributed by atoms with Gasteiger partial charge in [0, 0.05) is 6.42 Å². The molecule has 1 atom stereocenters. The molecule has 0 heterocycles. The monoisotopic (exact) mass is 163 g/mol. The van der Waals surface area contributed by atoms with Crippen LogP contribution in [-0.4, -0.2) is 19.1 Å². The molecule has 0 bridgehead atoms. The highest BCUT2D eigenvalue weighted by atomic mass is 35.5. The Morgan fingerprint density at radius 3 is 2.70 bits per heavy atom. The number of hydrogen-bond donors (Lipinski definition) is 1. The molecule has 2 N–H and O–H groups in total. The summed E-state index contributed by atoms with van der Waals surface area (Å²) >= 11 is 0. The summed E-state index contributed by atoms with van der Waals surface area (Å²) in [7, 11) is 1.28. The Bertz CT molecular complexity index is 141. The van der Waals surface area contributed by atoms with Gasteiger partial charge < -0.3 is 10.5 Å². The zero-order valence-electron chi connectivity index (χ0n) is 5.66. The second kappa shape index (κ2) is 6.40. The van der Waals surface area contributed by atoms with Crippen LogP contribution >= 0.6 is 12.4 Å². The predicted octanol–water partition coefficient (Wildman–Crippen LogP) is -0.0682. The van der Waals surface area contributed by atoms with Gasteiger partial charge in [-0.05, 0) is 0 Å². The Kier molecular flexibility index (Phi) is 7.68.